The highest BCUT2D eigenvalue weighted by atomic mass is 15.0. The third-order valence-electron chi connectivity index (χ3n) is 2.54. The van der Waals surface area contributed by atoms with Crippen LogP contribution < -0.4 is 0 Å². The van der Waals surface area contributed by atoms with Crippen LogP contribution in [0.1, 0.15) is 25.8 Å². The Bertz CT molecular complexity index is 313. The van der Waals surface area contributed by atoms with Gasteiger partial charge in [-0.1, -0.05) is 37.3 Å². The highest BCUT2D eigenvalue weighted by Gasteiger charge is 2.41. The van der Waals surface area contributed by atoms with Crippen LogP contribution in [-0.4, -0.2) is 5.71 Å². The summed E-state index contributed by atoms with van der Waals surface area (Å²) in [4.78, 5) is 4.49. The summed E-state index contributed by atoms with van der Waals surface area (Å²) in [5.41, 5.74) is 2.70. The van der Waals surface area contributed by atoms with Crippen molar-refractivity contribution in [2.24, 2.45) is 4.99 Å². The number of rotatable bonds is 2. The van der Waals surface area contributed by atoms with Gasteiger partial charge in [0.1, 0.15) is 5.54 Å². The number of benzene rings is 1. The van der Waals surface area contributed by atoms with Crippen LogP contribution in [-0.2, 0) is 5.54 Å². The molecule has 1 heteroatoms. The SMILES string of the molecule is CCC1=NC1(C)c1ccccc1. The summed E-state index contributed by atoms with van der Waals surface area (Å²) < 4.78 is 0. The molecule has 0 saturated carbocycles. The Labute approximate surface area is 73.1 Å². The molecule has 0 saturated heterocycles. The van der Waals surface area contributed by atoms with E-state index in [9.17, 15) is 0 Å². The second kappa shape index (κ2) is 2.44. The zero-order valence-corrected chi connectivity index (χ0v) is 7.54. The Balaban J connectivity index is 2.24. The van der Waals surface area contributed by atoms with E-state index in [2.05, 4.69) is 43.1 Å². The maximum absolute atomic E-state index is 4.49. The average Bonchev–Trinajstić information content (AvgIpc) is 2.81. The summed E-state index contributed by atoms with van der Waals surface area (Å²) in [5, 5.41) is 0. The van der Waals surface area contributed by atoms with Crippen LogP contribution in [0.2, 0.25) is 0 Å². The summed E-state index contributed by atoms with van der Waals surface area (Å²) in [6.45, 7) is 4.34. The highest BCUT2D eigenvalue weighted by Crippen LogP contribution is 2.39. The minimum atomic E-state index is 0.0516. The lowest BCUT2D eigenvalue weighted by Gasteiger charge is -2.07. The summed E-state index contributed by atoms with van der Waals surface area (Å²) in [6.07, 6.45) is 1.07. The molecule has 0 N–H and O–H groups in total. The van der Waals surface area contributed by atoms with Crippen LogP contribution in [0, 0.1) is 0 Å². The Kier molecular flexibility index (Phi) is 1.53. The fourth-order valence-corrected chi connectivity index (χ4v) is 1.66. The fraction of sp³-hybridized carbons (Fsp3) is 0.364. The average molecular weight is 159 g/mol. The van der Waals surface area contributed by atoms with Gasteiger partial charge >= 0.3 is 0 Å². The topological polar surface area (TPSA) is 12.4 Å². The maximum atomic E-state index is 4.49. The molecule has 1 nitrogen and oxygen atoms in total. The molecule has 1 aromatic carbocycles. The molecule has 2 rings (SSSR count). The molecule has 0 aliphatic carbocycles. The van der Waals surface area contributed by atoms with Crippen LogP contribution in [0.4, 0.5) is 0 Å². The van der Waals surface area contributed by atoms with Gasteiger partial charge in [-0.3, -0.25) is 4.99 Å². The molecule has 0 fully saturated rings. The summed E-state index contributed by atoms with van der Waals surface area (Å²) in [7, 11) is 0. The summed E-state index contributed by atoms with van der Waals surface area (Å²) in [6, 6.07) is 10.5. The van der Waals surface area contributed by atoms with Crippen molar-refractivity contribution in [3.63, 3.8) is 0 Å². The second-order valence-electron chi connectivity index (χ2n) is 3.35. The first-order valence-corrected chi connectivity index (χ1v) is 4.42. The Hall–Kier alpha value is -1.11. The monoisotopic (exact) mass is 159 g/mol. The van der Waals surface area contributed by atoms with E-state index in [1.54, 1.807) is 0 Å². The first-order valence-electron chi connectivity index (χ1n) is 4.42. The van der Waals surface area contributed by atoms with Gasteiger partial charge in [-0.15, -0.1) is 0 Å². The molecule has 1 unspecified atom stereocenters. The molecular weight excluding hydrogens is 146 g/mol. The van der Waals surface area contributed by atoms with E-state index in [0.29, 0.717) is 0 Å². The van der Waals surface area contributed by atoms with Gasteiger partial charge in [0, 0.05) is 5.71 Å². The minimum absolute atomic E-state index is 0.0516. The third-order valence-corrected chi connectivity index (χ3v) is 2.54. The first kappa shape index (κ1) is 7.53. The van der Waals surface area contributed by atoms with E-state index in [4.69, 9.17) is 0 Å². The molecule has 0 spiro atoms. The fourth-order valence-electron chi connectivity index (χ4n) is 1.66. The van der Waals surface area contributed by atoms with E-state index in [-0.39, 0.29) is 5.54 Å². The Morgan fingerprint density at radius 3 is 2.42 bits per heavy atom. The molecule has 1 atom stereocenters. The summed E-state index contributed by atoms with van der Waals surface area (Å²) in [5.74, 6) is 0. The molecule has 1 aliphatic heterocycles. The van der Waals surface area contributed by atoms with Crippen molar-refractivity contribution < 1.29 is 0 Å². The number of hydrogen-bond donors (Lipinski definition) is 0. The van der Waals surface area contributed by atoms with Gasteiger partial charge in [0.05, 0.1) is 0 Å². The normalized spacial score (nSPS) is 26.7. The molecule has 62 valence electrons. The van der Waals surface area contributed by atoms with Gasteiger partial charge in [0.2, 0.25) is 0 Å². The molecule has 12 heavy (non-hydrogen) atoms. The van der Waals surface area contributed by atoms with Gasteiger partial charge in [-0.2, -0.15) is 0 Å². The lowest BCUT2D eigenvalue weighted by molar-refractivity contribution is 0.798. The van der Waals surface area contributed by atoms with Crippen molar-refractivity contribution >= 4 is 5.71 Å². The maximum Gasteiger partial charge on any atom is 0.120 e. The number of hydrogen-bond acceptors (Lipinski definition) is 1. The Morgan fingerprint density at radius 2 is 1.92 bits per heavy atom. The largest absolute Gasteiger partial charge is 0.274 e. The molecular formula is C11H13N. The van der Waals surface area contributed by atoms with E-state index in [0.717, 1.165) is 6.42 Å². The standard InChI is InChI=1S/C11H13N/c1-3-10-11(2,12-10)9-7-5-4-6-8-9/h4-8H,3H2,1-2H3. The number of nitrogens with zero attached hydrogens (tertiary/aromatic N) is 1. The zero-order chi connectivity index (χ0) is 8.60. The van der Waals surface area contributed by atoms with Crippen LogP contribution in [0.25, 0.3) is 0 Å². The molecule has 1 aliphatic rings. The van der Waals surface area contributed by atoms with E-state index < -0.39 is 0 Å². The zero-order valence-electron chi connectivity index (χ0n) is 7.54. The van der Waals surface area contributed by atoms with Crippen molar-refractivity contribution in [1.29, 1.82) is 0 Å². The van der Waals surface area contributed by atoms with Crippen LogP contribution in [0.5, 0.6) is 0 Å². The van der Waals surface area contributed by atoms with Gasteiger partial charge in [0.15, 0.2) is 0 Å². The van der Waals surface area contributed by atoms with E-state index >= 15 is 0 Å². The molecule has 0 radical (unpaired) electrons. The second-order valence-corrected chi connectivity index (χ2v) is 3.35. The van der Waals surface area contributed by atoms with Crippen molar-refractivity contribution in [2.75, 3.05) is 0 Å². The van der Waals surface area contributed by atoms with Crippen LogP contribution >= 0.6 is 0 Å². The lowest BCUT2D eigenvalue weighted by Crippen LogP contribution is -2.10. The van der Waals surface area contributed by atoms with Crippen molar-refractivity contribution in [2.45, 2.75) is 25.8 Å². The predicted octanol–water partition coefficient (Wildman–Crippen LogP) is 2.77. The molecule has 0 aromatic heterocycles. The number of aliphatic imine (C=N–C) groups is 1. The quantitative estimate of drug-likeness (QED) is 0.629. The van der Waals surface area contributed by atoms with Crippen LogP contribution in [0.15, 0.2) is 35.3 Å². The van der Waals surface area contributed by atoms with Crippen molar-refractivity contribution in [1.82, 2.24) is 0 Å². The van der Waals surface area contributed by atoms with Crippen molar-refractivity contribution in [3.05, 3.63) is 35.9 Å². The van der Waals surface area contributed by atoms with Gasteiger partial charge in [-0.05, 0) is 18.9 Å². The molecule has 0 amide bonds. The van der Waals surface area contributed by atoms with Crippen molar-refractivity contribution in [3.8, 4) is 0 Å². The molecule has 1 heterocycles. The lowest BCUT2D eigenvalue weighted by atomic mass is 9.95. The van der Waals surface area contributed by atoms with Crippen LogP contribution in [0.3, 0.4) is 0 Å². The van der Waals surface area contributed by atoms with E-state index in [1.165, 1.54) is 11.3 Å². The van der Waals surface area contributed by atoms with Gasteiger partial charge < -0.3 is 0 Å². The molecule has 0 bridgehead atoms. The highest BCUT2D eigenvalue weighted by molar-refractivity contribution is 6.05. The van der Waals surface area contributed by atoms with Gasteiger partial charge in [-0.25, -0.2) is 0 Å². The van der Waals surface area contributed by atoms with E-state index in [1.807, 2.05) is 6.07 Å². The minimum Gasteiger partial charge on any atom is -0.274 e. The first-order chi connectivity index (χ1) is 5.77. The van der Waals surface area contributed by atoms with Gasteiger partial charge in [0.25, 0.3) is 0 Å². The smallest absolute Gasteiger partial charge is 0.120 e. The Morgan fingerprint density at radius 1 is 1.25 bits per heavy atom. The third kappa shape index (κ3) is 0.970. The summed E-state index contributed by atoms with van der Waals surface area (Å²) >= 11 is 0. The predicted molar refractivity (Wildman–Crippen MR) is 51.5 cm³/mol. The molecule has 1 aromatic rings.